The Balaban J connectivity index is 2.41. The molecular weight excluding hydrogens is 238 g/mol. The molecule has 1 aromatic rings. The standard InChI is InChI=1S/C16H23NO2/c1-12(2)11-17-16(15(18)19-3)10-6-8-13-7-4-5-9-14(13)16/h4-5,7,9,12,17H,6,8,10-11H2,1-3H3. The Morgan fingerprint density at radius 1 is 1.42 bits per heavy atom. The number of aryl methyl sites for hydroxylation is 1. The molecule has 0 aliphatic heterocycles. The zero-order chi connectivity index (χ0) is 13.9. The van der Waals surface area contributed by atoms with Gasteiger partial charge in [-0.25, -0.2) is 4.79 Å². The number of rotatable bonds is 4. The van der Waals surface area contributed by atoms with E-state index >= 15 is 0 Å². The van der Waals surface area contributed by atoms with Crippen molar-refractivity contribution in [2.75, 3.05) is 13.7 Å². The van der Waals surface area contributed by atoms with E-state index in [1.54, 1.807) is 0 Å². The smallest absolute Gasteiger partial charge is 0.330 e. The van der Waals surface area contributed by atoms with Crippen molar-refractivity contribution in [3.63, 3.8) is 0 Å². The molecule has 3 heteroatoms. The van der Waals surface area contributed by atoms with Gasteiger partial charge in [0.15, 0.2) is 0 Å². The van der Waals surface area contributed by atoms with Gasteiger partial charge in [-0.05, 0) is 42.9 Å². The highest BCUT2D eigenvalue weighted by atomic mass is 16.5. The van der Waals surface area contributed by atoms with E-state index in [1.807, 2.05) is 12.1 Å². The molecule has 104 valence electrons. The van der Waals surface area contributed by atoms with Crippen LogP contribution in [0, 0.1) is 5.92 Å². The summed E-state index contributed by atoms with van der Waals surface area (Å²) in [6, 6.07) is 8.20. The summed E-state index contributed by atoms with van der Waals surface area (Å²) in [4.78, 5) is 12.4. The van der Waals surface area contributed by atoms with E-state index < -0.39 is 5.54 Å². The number of hydrogen-bond acceptors (Lipinski definition) is 3. The maximum atomic E-state index is 12.4. The molecule has 19 heavy (non-hydrogen) atoms. The summed E-state index contributed by atoms with van der Waals surface area (Å²) >= 11 is 0. The predicted molar refractivity (Wildman–Crippen MR) is 75.9 cm³/mol. The molecule has 1 atom stereocenters. The van der Waals surface area contributed by atoms with Crippen LogP contribution in [0.5, 0.6) is 0 Å². The fourth-order valence-electron chi connectivity index (χ4n) is 2.85. The summed E-state index contributed by atoms with van der Waals surface area (Å²) < 4.78 is 5.08. The Morgan fingerprint density at radius 2 is 2.16 bits per heavy atom. The van der Waals surface area contributed by atoms with Crippen molar-refractivity contribution in [2.24, 2.45) is 5.92 Å². The average Bonchev–Trinajstić information content (AvgIpc) is 2.44. The summed E-state index contributed by atoms with van der Waals surface area (Å²) in [7, 11) is 1.47. The van der Waals surface area contributed by atoms with Gasteiger partial charge in [-0.1, -0.05) is 38.1 Å². The summed E-state index contributed by atoms with van der Waals surface area (Å²) in [5, 5.41) is 3.47. The lowest BCUT2D eigenvalue weighted by molar-refractivity contribution is -0.150. The van der Waals surface area contributed by atoms with E-state index in [0.717, 1.165) is 31.4 Å². The molecule has 1 aromatic carbocycles. The Hall–Kier alpha value is -1.35. The lowest BCUT2D eigenvalue weighted by Gasteiger charge is -2.38. The number of ether oxygens (including phenoxy) is 1. The van der Waals surface area contributed by atoms with Crippen molar-refractivity contribution in [3.8, 4) is 0 Å². The first kappa shape index (κ1) is 14.1. The molecule has 0 heterocycles. The van der Waals surface area contributed by atoms with Gasteiger partial charge in [-0.2, -0.15) is 0 Å². The van der Waals surface area contributed by atoms with Crippen molar-refractivity contribution >= 4 is 5.97 Å². The molecule has 0 saturated carbocycles. The molecule has 1 unspecified atom stereocenters. The Labute approximate surface area is 115 Å². The van der Waals surface area contributed by atoms with Crippen LogP contribution in [0.15, 0.2) is 24.3 Å². The second-order valence-corrected chi connectivity index (χ2v) is 5.68. The third-order valence-corrected chi connectivity index (χ3v) is 3.82. The minimum Gasteiger partial charge on any atom is -0.467 e. The van der Waals surface area contributed by atoms with Gasteiger partial charge in [0.05, 0.1) is 7.11 Å². The topological polar surface area (TPSA) is 38.3 Å². The number of esters is 1. The van der Waals surface area contributed by atoms with Gasteiger partial charge in [-0.15, -0.1) is 0 Å². The van der Waals surface area contributed by atoms with Gasteiger partial charge in [0.2, 0.25) is 0 Å². The predicted octanol–water partition coefficient (Wildman–Crippen LogP) is 2.64. The molecule has 0 fully saturated rings. The summed E-state index contributed by atoms with van der Waals surface area (Å²) in [5.74, 6) is 0.330. The zero-order valence-corrected chi connectivity index (χ0v) is 12.0. The summed E-state index contributed by atoms with van der Waals surface area (Å²) in [6.45, 7) is 5.10. The molecule has 0 spiro atoms. The Kier molecular flexibility index (Phi) is 4.25. The summed E-state index contributed by atoms with van der Waals surface area (Å²) in [6.07, 6.45) is 2.86. The molecule has 2 rings (SSSR count). The molecule has 0 bridgehead atoms. The number of nitrogens with one attached hydrogen (secondary N) is 1. The minimum atomic E-state index is -0.659. The number of carbonyl (C=O) groups excluding carboxylic acids is 1. The molecule has 0 radical (unpaired) electrons. The maximum absolute atomic E-state index is 12.4. The van der Waals surface area contributed by atoms with Crippen LogP contribution in [0.4, 0.5) is 0 Å². The zero-order valence-electron chi connectivity index (χ0n) is 12.0. The number of carbonyl (C=O) groups is 1. The fourth-order valence-corrected chi connectivity index (χ4v) is 2.85. The normalized spacial score (nSPS) is 22.1. The first-order chi connectivity index (χ1) is 9.10. The maximum Gasteiger partial charge on any atom is 0.330 e. The highest BCUT2D eigenvalue weighted by molar-refractivity contribution is 5.83. The largest absolute Gasteiger partial charge is 0.467 e. The van der Waals surface area contributed by atoms with Crippen LogP contribution in [-0.2, 0) is 21.5 Å². The SMILES string of the molecule is COC(=O)C1(NCC(C)C)CCCc2ccccc21. The van der Waals surface area contributed by atoms with Crippen LogP contribution in [0.25, 0.3) is 0 Å². The quantitative estimate of drug-likeness (QED) is 0.847. The van der Waals surface area contributed by atoms with Gasteiger partial charge in [0.1, 0.15) is 5.54 Å². The van der Waals surface area contributed by atoms with E-state index in [0.29, 0.717) is 5.92 Å². The number of hydrogen-bond donors (Lipinski definition) is 1. The van der Waals surface area contributed by atoms with E-state index in [4.69, 9.17) is 4.74 Å². The first-order valence-corrected chi connectivity index (χ1v) is 7.02. The molecule has 1 aliphatic rings. The Bertz CT molecular complexity index is 456. The average molecular weight is 261 g/mol. The van der Waals surface area contributed by atoms with Crippen LogP contribution in [0.1, 0.15) is 37.8 Å². The van der Waals surface area contributed by atoms with Crippen LogP contribution < -0.4 is 5.32 Å². The fraction of sp³-hybridized carbons (Fsp3) is 0.562. The van der Waals surface area contributed by atoms with Crippen LogP contribution >= 0.6 is 0 Å². The van der Waals surface area contributed by atoms with Crippen LogP contribution in [0.2, 0.25) is 0 Å². The van der Waals surface area contributed by atoms with E-state index in [1.165, 1.54) is 12.7 Å². The third kappa shape index (κ3) is 2.66. The van der Waals surface area contributed by atoms with Gasteiger partial charge in [-0.3, -0.25) is 5.32 Å². The van der Waals surface area contributed by atoms with Gasteiger partial charge in [0, 0.05) is 0 Å². The third-order valence-electron chi connectivity index (χ3n) is 3.82. The second kappa shape index (κ2) is 5.74. The molecule has 1 aliphatic carbocycles. The highest BCUT2D eigenvalue weighted by Crippen LogP contribution is 2.36. The Morgan fingerprint density at radius 3 is 2.84 bits per heavy atom. The van der Waals surface area contributed by atoms with E-state index in [-0.39, 0.29) is 5.97 Å². The lowest BCUT2D eigenvalue weighted by Crippen LogP contribution is -2.52. The molecule has 0 saturated heterocycles. The molecule has 0 amide bonds. The minimum absolute atomic E-state index is 0.166. The molecule has 1 N–H and O–H groups in total. The van der Waals surface area contributed by atoms with Crippen molar-refractivity contribution < 1.29 is 9.53 Å². The number of benzene rings is 1. The summed E-state index contributed by atoms with van der Waals surface area (Å²) in [5.41, 5.74) is 1.69. The second-order valence-electron chi connectivity index (χ2n) is 5.68. The molecular formula is C16H23NO2. The molecule has 0 aromatic heterocycles. The van der Waals surface area contributed by atoms with Crippen molar-refractivity contribution in [3.05, 3.63) is 35.4 Å². The van der Waals surface area contributed by atoms with Crippen LogP contribution in [0.3, 0.4) is 0 Å². The van der Waals surface area contributed by atoms with E-state index in [9.17, 15) is 4.79 Å². The van der Waals surface area contributed by atoms with Crippen molar-refractivity contribution in [1.82, 2.24) is 5.32 Å². The number of fused-ring (bicyclic) bond motifs is 1. The van der Waals surface area contributed by atoms with E-state index in [2.05, 4.69) is 31.3 Å². The number of methoxy groups -OCH3 is 1. The first-order valence-electron chi connectivity index (χ1n) is 7.02. The highest BCUT2D eigenvalue weighted by Gasteiger charge is 2.43. The van der Waals surface area contributed by atoms with Crippen molar-refractivity contribution in [2.45, 2.75) is 38.6 Å². The molecule has 3 nitrogen and oxygen atoms in total. The lowest BCUT2D eigenvalue weighted by atomic mass is 9.76. The van der Waals surface area contributed by atoms with Gasteiger partial charge in [0.25, 0.3) is 0 Å². The monoisotopic (exact) mass is 261 g/mol. The van der Waals surface area contributed by atoms with Gasteiger partial charge >= 0.3 is 5.97 Å². The van der Waals surface area contributed by atoms with Gasteiger partial charge < -0.3 is 4.74 Å². The van der Waals surface area contributed by atoms with Crippen molar-refractivity contribution in [1.29, 1.82) is 0 Å². The van der Waals surface area contributed by atoms with Crippen LogP contribution in [-0.4, -0.2) is 19.6 Å².